The van der Waals surface area contributed by atoms with Crippen LogP contribution in [0.25, 0.3) is 0 Å². The van der Waals surface area contributed by atoms with E-state index in [1.165, 1.54) is 70.1 Å². The van der Waals surface area contributed by atoms with E-state index in [0.717, 1.165) is 82.3 Å². The number of sulfonamides is 6. The van der Waals surface area contributed by atoms with Crippen LogP contribution < -0.4 is 0 Å². The SMILES string of the molecule is CC(C)N1CCCCC1.CC(C)N1CCN(C(=O)C(F)(F)F)CC1.CC(C)S(=O)(=O)N(C)C.CC(C)S(=O)(=O)N(C)C(C)(C)C.CC(C)S(=O)(=O)N1CCC1.CC(C)S(=O)(=O)N1CCCC1.CC(C)S(=O)(=O)N1CCCCC1.CCN(CC)S(=O)(=O)C(C)C. The Kier molecular flexibility index (Phi) is 42.9. The van der Waals surface area contributed by atoms with E-state index in [2.05, 4.69) is 23.6 Å². The van der Waals surface area contributed by atoms with Crippen LogP contribution in [0.2, 0.25) is 0 Å². The van der Waals surface area contributed by atoms with Crippen molar-refractivity contribution < 1.29 is 68.5 Å². The Hall–Kier alpha value is -1.36. The summed E-state index contributed by atoms with van der Waals surface area (Å²) in [5.41, 5.74) is -0.330. The number of hydrogen-bond donors (Lipinski definition) is 0. The highest BCUT2D eigenvalue weighted by atomic mass is 32.2. The minimum absolute atomic E-state index is 0.163. The molecule has 5 rings (SSSR count). The van der Waals surface area contributed by atoms with Crippen molar-refractivity contribution in [1.29, 1.82) is 0 Å². The molecule has 1 amide bonds. The highest BCUT2D eigenvalue weighted by molar-refractivity contribution is 7.91. The van der Waals surface area contributed by atoms with Crippen molar-refractivity contribution in [2.75, 3.05) is 113 Å². The zero-order valence-corrected chi connectivity index (χ0v) is 64.2. The summed E-state index contributed by atoms with van der Waals surface area (Å²) in [5.74, 6) is -1.72. The van der Waals surface area contributed by atoms with Gasteiger partial charge in [0, 0.05) is 117 Å². The normalized spacial score (nSPS) is 18.4. The van der Waals surface area contributed by atoms with Crippen molar-refractivity contribution >= 4 is 66.0 Å². The molecular formula is C58H126F3N9O13S6. The van der Waals surface area contributed by atoms with E-state index in [4.69, 9.17) is 0 Å². The van der Waals surface area contributed by atoms with Gasteiger partial charge in [-0.15, -0.1) is 0 Å². The fourth-order valence-corrected chi connectivity index (χ4v) is 16.2. The van der Waals surface area contributed by atoms with Crippen molar-refractivity contribution in [3.8, 4) is 0 Å². The first-order chi connectivity index (χ1) is 40.2. The molecule has 0 aromatic rings. The second-order valence-electron chi connectivity index (χ2n) is 26.0. The number of carbonyl (C=O) groups is 1. The van der Waals surface area contributed by atoms with E-state index in [9.17, 15) is 68.5 Å². The van der Waals surface area contributed by atoms with Gasteiger partial charge in [-0.25, -0.2) is 72.0 Å². The topological polar surface area (TPSA) is 251 Å². The van der Waals surface area contributed by atoms with Crippen LogP contribution in [-0.4, -0.2) is 265 Å². The third-order valence-corrected chi connectivity index (χ3v) is 29.4. The molecule has 89 heavy (non-hydrogen) atoms. The predicted molar refractivity (Wildman–Crippen MR) is 361 cm³/mol. The number of rotatable bonds is 16. The second-order valence-corrected chi connectivity index (χ2v) is 41.2. The average Bonchev–Trinajstić information content (AvgIpc) is 2.45. The maximum absolute atomic E-state index is 12.1. The first-order valence-corrected chi connectivity index (χ1v) is 40.9. The number of carbonyl (C=O) groups excluding carboxylic acids is 1. The Labute approximate surface area is 543 Å². The van der Waals surface area contributed by atoms with E-state index in [-0.39, 0.29) is 50.1 Å². The van der Waals surface area contributed by atoms with E-state index in [0.29, 0.717) is 32.2 Å². The fourth-order valence-electron chi connectivity index (χ4n) is 8.55. The monoisotopic (exact) mass is 1410 g/mol. The standard InChI is InChI=1S/C9H15F3N2O.C8H17NO2S.C8H19NO2S.C8H17N.C7H15NO2S.C7H17NO2S.C6H13NO2S.C5H13NO2S/c1-7(2)13-3-5-14(6-4-13)8(15)9(10,11)12;1-8(2)12(10,11)9-6-4-3-5-7-9;1-7(2)12(10,11)9(6)8(3,4)5;1-8(2)9-6-4-3-5-7-9;1-7(2)11(9,10)8-5-3-4-6-8;1-5-8(6-2)11(9,10)7(3)4;1-6(2)10(8,9)7-4-3-5-7;1-5(2)9(7,8)6(3)4/h7H,3-6H2,1-2H3;8H,3-7H2,1-2H3;7H,1-6H3;8H,3-7H2,1-2H3;7H,3-6H2,1-2H3;7H,5-6H2,1-4H3;6H,3-5H2,1-2H3;5H,1-4H3. The molecule has 22 nitrogen and oxygen atoms in total. The van der Waals surface area contributed by atoms with Gasteiger partial charge >= 0.3 is 12.1 Å². The Morgan fingerprint density at radius 3 is 0.820 bits per heavy atom. The lowest BCUT2D eigenvalue weighted by atomic mass is 10.1. The summed E-state index contributed by atoms with van der Waals surface area (Å²) < 4.78 is 182. The summed E-state index contributed by atoms with van der Waals surface area (Å²) in [6.45, 7) is 47.9. The van der Waals surface area contributed by atoms with Crippen LogP contribution in [0.1, 0.15) is 203 Å². The summed E-state index contributed by atoms with van der Waals surface area (Å²) >= 11 is 0. The van der Waals surface area contributed by atoms with Gasteiger partial charge in [0.05, 0.1) is 31.5 Å². The van der Waals surface area contributed by atoms with Gasteiger partial charge < -0.3 is 9.80 Å². The molecule has 5 aliphatic heterocycles. The number of piperidine rings is 2. The highest BCUT2D eigenvalue weighted by Gasteiger charge is 2.43. The van der Waals surface area contributed by atoms with E-state index < -0.39 is 72.2 Å². The lowest BCUT2D eigenvalue weighted by Crippen LogP contribution is -2.53. The smallest absolute Gasteiger partial charge is 0.332 e. The number of amides is 1. The Morgan fingerprint density at radius 2 is 0.652 bits per heavy atom. The number of hydrogen-bond acceptors (Lipinski definition) is 15. The van der Waals surface area contributed by atoms with Crippen molar-refractivity contribution in [1.82, 2.24) is 40.5 Å². The average molecular weight is 1410 g/mol. The minimum Gasteiger partial charge on any atom is -0.332 e. The molecule has 5 fully saturated rings. The van der Waals surface area contributed by atoms with Gasteiger partial charge in [0.25, 0.3) is 0 Å². The first-order valence-electron chi connectivity index (χ1n) is 31.9. The van der Waals surface area contributed by atoms with Crippen LogP contribution in [0.15, 0.2) is 0 Å². The van der Waals surface area contributed by atoms with Gasteiger partial charge in [0.15, 0.2) is 0 Å². The van der Waals surface area contributed by atoms with Gasteiger partial charge in [-0.3, -0.25) is 9.69 Å². The molecule has 0 atom stereocenters. The van der Waals surface area contributed by atoms with Crippen molar-refractivity contribution in [2.24, 2.45) is 0 Å². The van der Waals surface area contributed by atoms with E-state index in [1.54, 1.807) is 98.7 Å². The summed E-state index contributed by atoms with van der Waals surface area (Å²) in [7, 11) is -13.2. The summed E-state index contributed by atoms with van der Waals surface area (Å²) in [6, 6.07) is 1.08. The van der Waals surface area contributed by atoms with Crippen LogP contribution in [0.3, 0.4) is 0 Å². The van der Waals surface area contributed by atoms with Crippen molar-refractivity contribution in [2.45, 2.75) is 258 Å². The molecule has 0 saturated carbocycles. The van der Waals surface area contributed by atoms with Gasteiger partial charge in [0.1, 0.15) is 0 Å². The number of likely N-dealkylation sites (tertiary alicyclic amines) is 1. The summed E-state index contributed by atoms with van der Waals surface area (Å²) in [4.78, 5) is 16.4. The number of piperazine rings is 1. The molecule has 0 aromatic heterocycles. The van der Waals surface area contributed by atoms with Gasteiger partial charge in [-0.05, 0) is 190 Å². The predicted octanol–water partition coefficient (Wildman–Crippen LogP) is 8.25. The molecule has 0 N–H and O–H groups in total. The Morgan fingerprint density at radius 1 is 0.382 bits per heavy atom. The maximum Gasteiger partial charge on any atom is 0.471 e. The molecule has 0 unspecified atom stereocenters. The Bertz CT molecular complexity index is 2590. The molecule has 5 heterocycles. The van der Waals surface area contributed by atoms with Crippen LogP contribution in [-0.2, 0) is 64.9 Å². The number of halogens is 3. The molecule has 0 aliphatic carbocycles. The molecule has 0 spiro atoms. The molecule has 538 valence electrons. The lowest BCUT2D eigenvalue weighted by Gasteiger charge is -2.37. The van der Waals surface area contributed by atoms with E-state index in [1.807, 2.05) is 48.5 Å². The van der Waals surface area contributed by atoms with Crippen LogP contribution in [0.4, 0.5) is 13.2 Å². The fraction of sp³-hybridized carbons (Fsp3) is 0.983. The van der Waals surface area contributed by atoms with Crippen LogP contribution >= 0.6 is 0 Å². The zero-order valence-electron chi connectivity index (χ0n) is 59.3. The summed E-state index contributed by atoms with van der Waals surface area (Å²) in [5, 5.41) is -1.75. The van der Waals surface area contributed by atoms with Gasteiger partial charge in [-0.2, -0.15) is 17.5 Å². The lowest BCUT2D eigenvalue weighted by molar-refractivity contribution is -0.187. The maximum atomic E-state index is 12.1. The Balaban J connectivity index is -0.000000954. The second kappa shape index (κ2) is 41.6. The van der Waals surface area contributed by atoms with Crippen molar-refractivity contribution in [3.05, 3.63) is 0 Å². The molecule has 5 saturated heterocycles. The third-order valence-electron chi connectivity index (χ3n) is 15.4. The third kappa shape index (κ3) is 32.8. The molecule has 0 bridgehead atoms. The molecule has 0 radical (unpaired) electrons. The minimum atomic E-state index is -4.74. The van der Waals surface area contributed by atoms with Crippen LogP contribution in [0, 0.1) is 0 Å². The molecule has 31 heteroatoms. The number of nitrogens with zero attached hydrogens (tertiary/aromatic N) is 9. The van der Waals surface area contributed by atoms with Gasteiger partial charge in [0.2, 0.25) is 60.1 Å². The molecular weight excluding hydrogens is 1280 g/mol. The number of alkyl halides is 3. The zero-order chi connectivity index (χ0) is 70.7. The van der Waals surface area contributed by atoms with E-state index >= 15 is 0 Å². The quantitative estimate of drug-likeness (QED) is 0.141. The molecule has 5 aliphatic rings. The first kappa shape index (κ1) is 91.8. The largest absolute Gasteiger partial charge is 0.471 e. The molecule has 0 aromatic carbocycles. The van der Waals surface area contributed by atoms with Crippen molar-refractivity contribution in [3.63, 3.8) is 0 Å². The highest BCUT2D eigenvalue weighted by Crippen LogP contribution is 2.22. The van der Waals surface area contributed by atoms with Crippen LogP contribution in [0.5, 0.6) is 0 Å². The van der Waals surface area contributed by atoms with Gasteiger partial charge in [-0.1, -0.05) is 26.7 Å². The summed E-state index contributed by atoms with van der Waals surface area (Å²) in [6.07, 6.45) is 5.81.